The van der Waals surface area contributed by atoms with Crippen molar-refractivity contribution in [3.8, 4) is 0 Å². The van der Waals surface area contributed by atoms with Gasteiger partial charge in [0, 0.05) is 37.3 Å². The molecule has 4 rings (SSSR count). The predicted octanol–water partition coefficient (Wildman–Crippen LogP) is 3.60. The molecule has 2 aliphatic rings. The van der Waals surface area contributed by atoms with Gasteiger partial charge in [-0.2, -0.15) is 0 Å². The first-order valence-corrected chi connectivity index (χ1v) is 11.3. The summed E-state index contributed by atoms with van der Waals surface area (Å²) in [5.41, 5.74) is 1.03. The van der Waals surface area contributed by atoms with Gasteiger partial charge in [-0.25, -0.2) is 0 Å². The number of nitrogens with one attached hydrogen (secondary N) is 1. The van der Waals surface area contributed by atoms with Gasteiger partial charge in [0.05, 0.1) is 34.8 Å². The van der Waals surface area contributed by atoms with E-state index in [1.165, 1.54) is 4.88 Å². The summed E-state index contributed by atoms with van der Waals surface area (Å²) in [7, 11) is 0. The number of aromatic nitrogens is 1. The molecule has 1 N–H and O–H groups in total. The van der Waals surface area contributed by atoms with E-state index < -0.39 is 0 Å². The maximum Gasteiger partial charge on any atom is 0.170 e. The highest BCUT2D eigenvalue weighted by Crippen LogP contribution is 2.42. The molecule has 0 unspecified atom stereocenters. The molecule has 0 radical (unpaired) electrons. The lowest BCUT2D eigenvalue weighted by Crippen LogP contribution is -2.38. The van der Waals surface area contributed by atoms with Crippen LogP contribution in [0, 0.1) is 0 Å². The lowest BCUT2D eigenvalue weighted by molar-refractivity contribution is 0.0366. The number of ether oxygens (including phenoxy) is 1. The Hall–Kier alpha value is -1.06. The molecule has 2 atom stereocenters. The van der Waals surface area contributed by atoms with Crippen LogP contribution in [0.2, 0.25) is 0 Å². The molecule has 4 heterocycles. The van der Waals surface area contributed by atoms with Crippen molar-refractivity contribution in [1.82, 2.24) is 20.1 Å². The van der Waals surface area contributed by atoms with Crippen LogP contribution in [0.15, 0.2) is 40.3 Å². The monoisotopic (exact) mass is 466 g/mol. The van der Waals surface area contributed by atoms with Gasteiger partial charge in [0.15, 0.2) is 5.11 Å². The third-order valence-electron chi connectivity index (χ3n) is 5.06. The lowest BCUT2D eigenvalue weighted by Gasteiger charge is -2.30. The first kappa shape index (κ1) is 19.3. The van der Waals surface area contributed by atoms with E-state index in [0.29, 0.717) is 0 Å². The molecule has 2 fully saturated rings. The Morgan fingerprint density at radius 3 is 2.78 bits per heavy atom. The fourth-order valence-electron chi connectivity index (χ4n) is 3.73. The van der Waals surface area contributed by atoms with Gasteiger partial charge in [0.25, 0.3) is 0 Å². The second-order valence-electron chi connectivity index (χ2n) is 6.77. The molecular formula is C19H23BrN4OS2. The van der Waals surface area contributed by atoms with E-state index in [1.54, 1.807) is 11.3 Å². The summed E-state index contributed by atoms with van der Waals surface area (Å²) in [4.78, 5) is 10.7. The largest absolute Gasteiger partial charge is 0.379 e. The second-order valence-corrected chi connectivity index (χ2v) is 9.65. The Kier molecular flexibility index (Phi) is 6.39. The number of pyridine rings is 1. The SMILES string of the molecule is S=C1N[C@H](c2ccccn2)[C@@H](c2ccc(Br)s2)N1CCCN1CCOCC1. The Morgan fingerprint density at radius 1 is 1.22 bits per heavy atom. The Morgan fingerprint density at radius 2 is 2.07 bits per heavy atom. The summed E-state index contributed by atoms with van der Waals surface area (Å²) in [6.45, 7) is 5.76. The maximum atomic E-state index is 5.72. The normalized spacial score (nSPS) is 23.6. The number of thiocarbonyl (C=S) groups is 1. The van der Waals surface area contributed by atoms with E-state index in [9.17, 15) is 0 Å². The average Bonchev–Trinajstić information content (AvgIpc) is 3.27. The number of rotatable bonds is 6. The Balaban J connectivity index is 1.50. The van der Waals surface area contributed by atoms with Crippen molar-refractivity contribution in [2.24, 2.45) is 0 Å². The molecule has 0 spiro atoms. The van der Waals surface area contributed by atoms with Crippen LogP contribution in [0.25, 0.3) is 0 Å². The van der Waals surface area contributed by atoms with Crippen LogP contribution in [0.5, 0.6) is 0 Å². The highest BCUT2D eigenvalue weighted by molar-refractivity contribution is 9.11. The second kappa shape index (κ2) is 8.96. The third-order valence-corrected chi connectivity index (χ3v) is 7.11. The van der Waals surface area contributed by atoms with Crippen molar-refractivity contribution in [3.63, 3.8) is 0 Å². The number of morpholine rings is 1. The summed E-state index contributed by atoms with van der Waals surface area (Å²) < 4.78 is 6.59. The van der Waals surface area contributed by atoms with Crippen molar-refractivity contribution in [1.29, 1.82) is 0 Å². The molecule has 2 saturated heterocycles. The molecule has 2 aromatic rings. The molecule has 0 bridgehead atoms. The van der Waals surface area contributed by atoms with Crippen molar-refractivity contribution in [2.75, 3.05) is 39.4 Å². The minimum Gasteiger partial charge on any atom is -0.379 e. The topological polar surface area (TPSA) is 40.6 Å². The fraction of sp³-hybridized carbons (Fsp3) is 0.474. The number of halogens is 1. The molecule has 2 aliphatic heterocycles. The zero-order valence-electron chi connectivity index (χ0n) is 15.0. The van der Waals surface area contributed by atoms with Crippen LogP contribution in [-0.2, 0) is 4.74 Å². The van der Waals surface area contributed by atoms with Gasteiger partial charge >= 0.3 is 0 Å². The van der Waals surface area contributed by atoms with E-state index >= 15 is 0 Å². The molecule has 0 aromatic carbocycles. The molecule has 144 valence electrons. The van der Waals surface area contributed by atoms with Gasteiger partial charge in [0.2, 0.25) is 0 Å². The fourth-order valence-corrected chi connectivity index (χ4v) is 5.64. The Labute approximate surface area is 177 Å². The van der Waals surface area contributed by atoms with Crippen LogP contribution >= 0.6 is 39.5 Å². The maximum absolute atomic E-state index is 5.72. The van der Waals surface area contributed by atoms with Crippen molar-refractivity contribution < 1.29 is 4.74 Å². The number of hydrogen-bond acceptors (Lipinski definition) is 5. The first-order chi connectivity index (χ1) is 13.2. The summed E-state index contributed by atoms with van der Waals surface area (Å²) in [5.74, 6) is 0. The molecular weight excluding hydrogens is 444 g/mol. The standard InChI is InChI=1S/C19H23BrN4OS2/c20-16-6-5-15(27-16)18-17(14-4-1-2-7-21-14)22-19(26)24(18)9-3-8-23-10-12-25-13-11-23/h1-2,4-7,17-18H,3,8-13H2,(H,22,26)/t17-,18-/m1/s1. The molecule has 5 nitrogen and oxygen atoms in total. The summed E-state index contributed by atoms with van der Waals surface area (Å²) in [5, 5.41) is 4.34. The molecule has 0 saturated carbocycles. The van der Waals surface area contributed by atoms with Crippen LogP contribution < -0.4 is 5.32 Å². The highest BCUT2D eigenvalue weighted by Gasteiger charge is 2.40. The highest BCUT2D eigenvalue weighted by atomic mass is 79.9. The minimum absolute atomic E-state index is 0.0765. The molecule has 8 heteroatoms. The summed E-state index contributed by atoms with van der Waals surface area (Å²) in [6, 6.07) is 10.6. The smallest absolute Gasteiger partial charge is 0.170 e. The van der Waals surface area contributed by atoms with Crippen LogP contribution in [0.3, 0.4) is 0 Å². The van der Waals surface area contributed by atoms with Crippen LogP contribution in [0.4, 0.5) is 0 Å². The van der Waals surface area contributed by atoms with Crippen molar-refractivity contribution in [3.05, 3.63) is 50.9 Å². The van der Waals surface area contributed by atoms with E-state index in [4.69, 9.17) is 17.0 Å². The predicted molar refractivity (Wildman–Crippen MR) is 116 cm³/mol. The van der Waals surface area contributed by atoms with E-state index in [1.807, 2.05) is 18.3 Å². The average molecular weight is 467 g/mol. The third kappa shape index (κ3) is 4.51. The zero-order chi connectivity index (χ0) is 18.6. The van der Waals surface area contributed by atoms with Gasteiger partial charge in [-0.1, -0.05) is 6.07 Å². The van der Waals surface area contributed by atoms with Gasteiger partial charge in [-0.3, -0.25) is 9.88 Å². The van der Waals surface area contributed by atoms with Crippen LogP contribution in [-0.4, -0.2) is 59.3 Å². The molecule has 27 heavy (non-hydrogen) atoms. The van der Waals surface area contributed by atoms with Gasteiger partial charge < -0.3 is 15.0 Å². The zero-order valence-corrected chi connectivity index (χ0v) is 18.2. The van der Waals surface area contributed by atoms with E-state index in [-0.39, 0.29) is 12.1 Å². The number of hydrogen-bond donors (Lipinski definition) is 1. The molecule has 2 aromatic heterocycles. The van der Waals surface area contributed by atoms with Gasteiger partial charge in [-0.05, 0) is 58.8 Å². The van der Waals surface area contributed by atoms with E-state index in [2.05, 4.69) is 54.2 Å². The molecule has 0 aliphatic carbocycles. The summed E-state index contributed by atoms with van der Waals surface area (Å²) in [6.07, 6.45) is 2.93. The quantitative estimate of drug-likeness (QED) is 0.655. The van der Waals surface area contributed by atoms with Crippen LogP contribution in [0.1, 0.15) is 29.1 Å². The van der Waals surface area contributed by atoms with Gasteiger partial charge in [0.1, 0.15) is 0 Å². The van der Waals surface area contributed by atoms with Crippen molar-refractivity contribution >= 4 is 44.6 Å². The minimum atomic E-state index is 0.0765. The van der Waals surface area contributed by atoms with Gasteiger partial charge in [-0.15, -0.1) is 11.3 Å². The first-order valence-electron chi connectivity index (χ1n) is 9.26. The van der Waals surface area contributed by atoms with Crippen molar-refractivity contribution in [2.45, 2.75) is 18.5 Å². The lowest BCUT2D eigenvalue weighted by atomic mass is 10.0. The van der Waals surface area contributed by atoms with E-state index in [0.717, 1.165) is 60.4 Å². The summed E-state index contributed by atoms with van der Waals surface area (Å²) >= 11 is 11.1. The number of thiophene rings is 1. The Bertz CT molecular complexity index is 766. The molecule has 0 amide bonds. The number of nitrogens with zero attached hydrogens (tertiary/aromatic N) is 3.